The van der Waals surface area contributed by atoms with Crippen molar-refractivity contribution in [2.75, 3.05) is 17.7 Å². The first kappa shape index (κ1) is 14.1. The summed E-state index contributed by atoms with van der Waals surface area (Å²) >= 11 is 0. The van der Waals surface area contributed by atoms with Crippen LogP contribution in [0.15, 0.2) is 18.2 Å². The van der Waals surface area contributed by atoms with Crippen LogP contribution in [-0.2, 0) is 23.8 Å². The number of aryl methyl sites for hydroxylation is 2. The molecule has 0 spiro atoms. The molecule has 0 bridgehead atoms. The van der Waals surface area contributed by atoms with Gasteiger partial charge >= 0.3 is 0 Å². The number of benzene rings is 1. The Morgan fingerprint density at radius 2 is 2.21 bits per heavy atom. The third-order valence-electron chi connectivity index (χ3n) is 3.14. The zero-order valence-electron chi connectivity index (χ0n) is 11.6. The number of nitrogen functional groups attached to an aromatic ring is 1. The summed E-state index contributed by atoms with van der Waals surface area (Å²) in [6.45, 7) is 3.02. The van der Waals surface area contributed by atoms with E-state index in [0.717, 1.165) is 54.1 Å². The molecule has 0 aliphatic rings. The van der Waals surface area contributed by atoms with Crippen LogP contribution in [-0.4, -0.2) is 25.8 Å². The maximum Gasteiger partial charge on any atom is 0.109 e. The molecule has 0 radical (unpaired) electrons. The van der Waals surface area contributed by atoms with Crippen molar-refractivity contribution in [2.45, 2.75) is 32.7 Å². The number of aromatic nitrogens is 2. The lowest BCUT2D eigenvalue weighted by atomic mass is 10.3. The second kappa shape index (κ2) is 6.19. The summed E-state index contributed by atoms with van der Waals surface area (Å²) in [5.41, 5.74) is 8.64. The highest BCUT2D eigenvalue weighted by molar-refractivity contribution is 7.84. The molecular weight excluding hydrogens is 258 g/mol. The molecule has 0 aliphatic heterocycles. The van der Waals surface area contributed by atoms with Gasteiger partial charge in [0.1, 0.15) is 5.82 Å². The highest BCUT2D eigenvalue weighted by Gasteiger charge is 2.10. The van der Waals surface area contributed by atoms with Crippen LogP contribution in [0.5, 0.6) is 0 Å². The molecule has 0 saturated carbocycles. The minimum atomic E-state index is -0.729. The predicted molar refractivity (Wildman–Crippen MR) is 81.7 cm³/mol. The Labute approximate surface area is 116 Å². The molecule has 0 saturated heterocycles. The van der Waals surface area contributed by atoms with Crippen molar-refractivity contribution in [3.05, 3.63) is 24.0 Å². The Morgan fingerprint density at radius 3 is 2.89 bits per heavy atom. The maximum atomic E-state index is 11.2. The third kappa shape index (κ3) is 3.35. The predicted octanol–water partition coefficient (Wildman–Crippen LogP) is 2.34. The molecule has 0 aliphatic carbocycles. The lowest BCUT2D eigenvalue weighted by Gasteiger charge is -2.08. The van der Waals surface area contributed by atoms with Gasteiger partial charge in [-0.2, -0.15) is 0 Å². The molecule has 2 aromatic rings. The molecule has 5 heteroatoms. The first-order valence-corrected chi connectivity index (χ1v) is 8.39. The largest absolute Gasteiger partial charge is 0.399 e. The Balaban J connectivity index is 2.31. The molecule has 1 unspecified atom stereocenters. The molecule has 0 amide bonds. The van der Waals surface area contributed by atoms with Crippen molar-refractivity contribution in [2.24, 2.45) is 0 Å². The second-order valence-corrected chi connectivity index (χ2v) is 6.36. The molecule has 1 aromatic carbocycles. The minimum absolute atomic E-state index is 0.729. The zero-order chi connectivity index (χ0) is 13.8. The molecule has 19 heavy (non-hydrogen) atoms. The summed E-state index contributed by atoms with van der Waals surface area (Å²) < 4.78 is 13.4. The monoisotopic (exact) mass is 279 g/mol. The van der Waals surface area contributed by atoms with Gasteiger partial charge in [-0.25, -0.2) is 4.98 Å². The summed E-state index contributed by atoms with van der Waals surface area (Å²) in [5.74, 6) is 1.84. The van der Waals surface area contributed by atoms with Crippen LogP contribution in [0, 0.1) is 0 Å². The van der Waals surface area contributed by atoms with Gasteiger partial charge in [0.25, 0.3) is 0 Å². The Bertz CT molecular complexity index is 592. The number of imidazole rings is 1. The summed E-state index contributed by atoms with van der Waals surface area (Å²) in [4.78, 5) is 4.67. The molecule has 1 aromatic heterocycles. The number of nitrogens with zero attached hydrogens (tertiary/aromatic N) is 2. The van der Waals surface area contributed by atoms with Gasteiger partial charge < -0.3 is 10.3 Å². The fraction of sp³-hybridized carbons (Fsp3) is 0.500. The quantitative estimate of drug-likeness (QED) is 0.826. The molecule has 2 rings (SSSR count). The van der Waals surface area contributed by atoms with E-state index in [0.29, 0.717) is 0 Å². The summed E-state index contributed by atoms with van der Waals surface area (Å²) in [5, 5.41) is 0. The third-order valence-corrected chi connectivity index (χ3v) is 4.00. The maximum absolute atomic E-state index is 11.2. The van der Waals surface area contributed by atoms with E-state index in [4.69, 9.17) is 5.73 Å². The van der Waals surface area contributed by atoms with Gasteiger partial charge in [-0.3, -0.25) is 4.21 Å². The standard InChI is InChI=1S/C14H21N3OS/c1-3-5-14-16-12-10-11(15)6-7-13(12)17(14)8-4-9-19(2)18/h6-7,10H,3-5,8-9,15H2,1-2H3. The average Bonchev–Trinajstić information content (AvgIpc) is 2.66. The lowest BCUT2D eigenvalue weighted by molar-refractivity contribution is 0.640. The van der Waals surface area contributed by atoms with E-state index in [1.165, 1.54) is 0 Å². The fourth-order valence-corrected chi connectivity index (χ4v) is 2.82. The number of nitrogens with two attached hydrogens (primary N) is 1. The molecule has 1 heterocycles. The van der Waals surface area contributed by atoms with Gasteiger partial charge in [0.15, 0.2) is 0 Å². The number of hydrogen-bond acceptors (Lipinski definition) is 3. The van der Waals surface area contributed by atoms with Crippen LogP contribution in [0.2, 0.25) is 0 Å². The summed E-state index contributed by atoms with van der Waals surface area (Å²) in [6, 6.07) is 5.86. The highest BCUT2D eigenvalue weighted by atomic mass is 32.2. The number of anilines is 1. The SMILES string of the molecule is CCCc1nc2cc(N)ccc2n1CCCS(C)=O. The van der Waals surface area contributed by atoms with Crippen molar-refractivity contribution < 1.29 is 4.21 Å². The van der Waals surface area contributed by atoms with Gasteiger partial charge in [-0.1, -0.05) is 6.92 Å². The van der Waals surface area contributed by atoms with Crippen LogP contribution >= 0.6 is 0 Å². The van der Waals surface area contributed by atoms with Gasteiger partial charge in [0, 0.05) is 41.5 Å². The second-order valence-electron chi connectivity index (χ2n) is 4.81. The van der Waals surface area contributed by atoms with E-state index >= 15 is 0 Å². The van der Waals surface area contributed by atoms with Gasteiger partial charge in [0.2, 0.25) is 0 Å². The van der Waals surface area contributed by atoms with Crippen LogP contribution in [0.1, 0.15) is 25.6 Å². The number of hydrogen-bond donors (Lipinski definition) is 1. The van der Waals surface area contributed by atoms with Crippen molar-refractivity contribution in [1.82, 2.24) is 9.55 Å². The van der Waals surface area contributed by atoms with E-state index in [9.17, 15) is 4.21 Å². The average molecular weight is 279 g/mol. The summed E-state index contributed by atoms with van der Waals surface area (Å²) in [6.07, 6.45) is 4.69. The van der Waals surface area contributed by atoms with Crippen LogP contribution in [0.25, 0.3) is 11.0 Å². The van der Waals surface area contributed by atoms with Crippen molar-refractivity contribution >= 4 is 27.5 Å². The first-order chi connectivity index (χ1) is 9.11. The van der Waals surface area contributed by atoms with Crippen LogP contribution < -0.4 is 5.73 Å². The summed E-state index contributed by atoms with van der Waals surface area (Å²) in [7, 11) is -0.729. The van der Waals surface area contributed by atoms with Crippen molar-refractivity contribution in [3.8, 4) is 0 Å². The van der Waals surface area contributed by atoms with E-state index < -0.39 is 10.8 Å². The molecule has 104 valence electrons. The van der Waals surface area contributed by atoms with Crippen LogP contribution in [0.3, 0.4) is 0 Å². The zero-order valence-corrected chi connectivity index (χ0v) is 12.4. The molecule has 0 fully saturated rings. The Kier molecular flexibility index (Phi) is 4.58. The normalized spacial score (nSPS) is 12.9. The topological polar surface area (TPSA) is 60.9 Å². The first-order valence-electron chi connectivity index (χ1n) is 6.66. The van der Waals surface area contributed by atoms with Gasteiger partial charge in [-0.05, 0) is 31.0 Å². The number of rotatable bonds is 6. The van der Waals surface area contributed by atoms with E-state index in [2.05, 4.69) is 16.5 Å². The van der Waals surface area contributed by atoms with Crippen LogP contribution in [0.4, 0.5) is 5.69 Å². The smallest absolute Gasteiger partial charge is 0.109 e. The molecule has 1 atom stereocenters. The van der Waals surface area contributed by atoms with E-state index in [1.54, 1.807) is 6.26 Å². The van der Waals surface area contributed by atoms with E-state index in [-0.39, 0.29) is 0 Å². The highest BCUT2D eigenvalue weighted by Crippen LogP contribution is 2.20. The van der Waals surface area contributed by atoms with E-state index in [1.807, 2.05) is 18.2 Å². The van der Waals surface area contributed by atoms with Gasteiger partial charge in [0.05, 0.1) is 11.0 Å². The Hall–Kier alpha value is -1.36. The molecular formula is C14H21N3OS. The van der Waals surface area contributed by atoms with Crippen molar-refractivity contribution in [1.29, 1.82) is 0 Å². The number of fused-ring (bicyclic) bond motifs is 1. The Morgan fingerprint density at radius 1 is 1.42 bits per heavy atom. The molecule has 2 N–H and O–H groups in total. The minimum Gasteiger partial charge on any atom is -0.399 e. The van der Waals surface area contributed by atoms with Gasteiger partial charge in [-0.15, -0.1) is 0 Å². The lowest BCUT2D eigenvalue weighted by Crippen LogP contribution is -2.07. The van der Waals surface area contributed by atoms with Crippen molar-refractivity contribution in [3.63, 3.8) is 0 Å². The molecule has 4 nitrogen and oxygen atoms in total. The fourth-order valence-electron chi connectivity index (χ4n) is 2.29.